The lowest BCUT2D eigenvalue weighted by atomic mass is 10.0. The molecule has 112 valence electrons. The number of hydrogen-bond acceptors (Lipinski definition) is 6. The number of carbonyl (C=O) groups is 1. The van der Waals surface area contributed by atoms with Crippen LogP contribution in [0, 0.1) is 0 Å². The van der Waals surface area contributed by atoms with Crippen molar-refractivity contribution in [3.8, 4) is 0 Å². The Hall–Kier alpha value is -1.70. The molecule has 0 aliphatic carbocycles. The van der Waals surface area contributed by atoms with Gasteiger partial charge in [-0.1, -0.05) is 13.8 Å². The lowest BCUT2D eigenvalue weighted by Gasteiger charge is -2.29. The van der Waals surface area contributed by atoms with Gasteiger partial charge in [0.05, 0.1) is 25.4 Å². The molecule has 0 fully saturated rings. The number of aromatic carboxylic acids is 1. The molecule has 1 aromatic heterocycles. The first-order valence-electron chi connectivity index (χ1n) is 6.23. The molecule has 0 atom stereocenters. The van der Waals surface area contributed by atoms with E-state index in [-0.39, 0.29) is 17.3 Å². The molecule has 0 amide bonds. The molecule has 7 heteroatoms. The van der Waals surface area contributed by atoms with Crippen LogP contribution in [0.5, 0.6) is 0 Å². The van der Waals surface area contributed by atoms with Crippen LogP contribution in [0.1, 0.15) is 35.8 Å². The van der Waals surface area contributed by atoms with Crippen molar-refractivity contribution in [2.24, 2.45) is 0 Å². The summed E-state index contributed by atoms with van der Waals surface area (Å²) in [6.07, 6.45) is 0. The third kappa shape index (κ3) is 3.66. The Balaban J connectivity index is 3.20. The SMILES string of the molecule is CC(C)c1cc(C(=O)O)cc(NC(CO)(CO)CO)n1. The van der Waals surface area contributed by atoms with E-state index in [1.807, 2.05) is 13.8 Å². The Morgan fingerprint density at radius 3 is 2.20 bits per heavy atom. The molecule has 0 spiro atoms. The summed E-state index contributed by atoms with van der Waals surface area (Å²) in [4.78, 5) is 15.3. The van der Waals surface area contributed by atoms with Crippen LogP contribution in [0.25, 0.3) is 0 Å². The summed E-state index contributed by atoms with van der Waals surface area (Å²) in [7, 11) is 0. The molecule has 0 radical (unpaired) electrons. The van der Waals surface area contributed by atoms with Crippen LogP contribution in [0.15, 0.2) is 12.1 Å². The van der Waals surface area contributed by atoms with E-state index in [9.17, 15) is 20.1 Å². The van der Waals surface area contributed by atoms with Crippen LogP contribution < -0.4 is 5.32 Å². The van der Waals surface area contributed by atoms with Gasteiger partial charge in [0.25, 0.3) is 0 Å². The van der Waals surface area contributed by atoms with E-state index in [0.717, 1.165) is 0 Å². The van der Waals surface area contributed by atoms with E-state index in [1.165, 1.54) is 12.1 Å². The zero-order valence-corrected chi connectivity index (χ0v) is 11.5. The standard InChI is InChI=1S/C13H20N2O5/c1-8(2)10-3-9(12(19)20)4-11(14-10)15-13(5-16,6-17)7-18/h3-4,8,16-18H,5-7H2,1-2H3,(H,14,15)(H,19,20). The first kappa shape index (κ1) is 16.4. The Morgan fingerprint density at radius 1 is 1.25 bits per heavy atom. The topological polar surface area (TPSA) is 123 Å². The number of carboxylic acid groups (broad SMARTS) is 1. The van der Waals surface area contributed by atoms with Crippen molar-refractivity contribution in [2.75, 3.05) is 25.1 Å². The molecule has 0 saturated carbocycles. The Kier molecular flexibility index (Phi) is 5.43. The molecular formula is C13H20N2O5. The van der Waals surface area contributed by atoms with Gasteiger partial charge >= 0.3 is 5.97 Å². The number of aliphatic hydroxyl groups excluding tert-OH is 3. The van der Waals surface area contributed by atoms with Crippen LogP contribution >= 0.6 is 0 Å². The molecule has 1 heterocycles. The van der Waals surface area contributed by atoms with Crippen molar-refractivity contribution in [1.82, 2.24) is 4.98 Å². The van der Waals surface area contributed by atoms with Gasteiger partial charge in [0.1, 0.15) is 11.4 Å². The summed E-state index contributed by atoms with van der Waals surface area (Å²) < 4.78 is 0. The highest BCUT2D eigenvalue weighted by Gasteiger charge is 2.28. The van der Waals surface area contributed by atoms with Crippen LogP contribution in [0.4, 0.5) is 5.82 Å². The van der Waals surface area contributed by atoms with Gasteiger partial charge in [-0.2, -0.15) is 0 Å². The number of anilines is 1. The zero-order valence-electron chi connectivity index (χ0n) is 11.5. The molecule has 0 aliphatic heterocycles. The maximum absolute atomic E-state index is 11.1. The fourth-order valence-electron chi connectivity index (χ4n) is 1.58. The molecule has 1 aromatic rings. The van der Waals surface area contributed by atoms with E-state index in [4.69, 9.17) is 5.11 Å². The molecule has 7 nitrogen and oxygen atoms in total. The van der Waals surface area contributed by atoms with E-state index >= 15 is 0 Å². The van der Waals surface area contributed by atoms with Crippen molar-refractivity contribution < 1.29 is 25.2 Å². The summed E-state index contributed by atoms with van der Waals surface area (Å²) in [5.74, 6) is -0.896. The predicted molar refractivity (Wildman–Crippen MR) is 72.9 cm³/mol. The minimum absolute atomic E-state index is 0.0154. The molecular weight excluding hydrogens is 264 g/mol. The molecule has 0 unspecified atom stereocenters. The number of aromatic nitrogens is 1. The zero-order chi connectivity index (χ0) is 15.3. The lowest BCUT2D eigenvalue weighted by molar-refractivity contribution is 0.0696. The summed E-state index contributed by atoms with van der Waals surface area (Å²) in [5, 5.41) is 39.6. The van der Waals surface area contributed by atoms with Gasteiger partial charge in [-0.25, -0.2) is 9.78 Å². The number of pyridine rings is 1. The van der Waals surface area contributed by atoms with E-state index < -0.39 is 31.3 Å². The third-order valence-corrected chi connectivity index (χ3v) is 2.98. The summed E-state index contributed by atoms with van der Waals surface area (Å²) >= 11 is 0. The molecule has 5 N–H and O–H groups in total. The average Bonchev–Trinajstić information content (AvgIpc) is 2.44. The summed E-state index contributed by atoms with van der Waals surface area (Å²) in [6, 6.07) is 2.76. The highest BCUT2D eigenvalue weighted by Crippen LogP contribution is 2.20. The lowest BCUT2D eigenvalue weighted by Crippen LogP contribution is -2.49. The minimum Gasteiger partial charge on any atom is -0.478 e. The predicted octanol–water partition coefficient (Wildman–Crippen LogP) is 0.0308. The fourth-order valence-corrected chi connectivity index (χ4v) is 1.58. The van der Waals surface area contributed by atoms with Crippen LogP contribution in [-0.4, -0.2) is 56.7 Å². The molecule has 1 rings (SSSR count). The van der Waals surface area contributed by atoms with Gasteiger partial charge in [0.2, 0.25) is 0 Å². The highest BCUT2D eigenvalue weighted by molar-refractivity contribution is 5.88. The number of aliphatic hydroxyl groups is 3. The van der Waals surface area contributed by atoms with Crippen LogP contribution in [-0.2, 0) is 0 Å². The van der Waals surface area contributed by atoms with Gasteiger partial charge in [0, 0.05) is 5.69 Å². The largest absolute Gasteiger partial charge is 0.478 e. The summed E-state index contributed by atoms with van der Waals surface area (Å²) in [5.41, 5.74) is -0.734. The van der Waals surface area contributed by atoms with Gasteiger partial charge in [-0.3, -0.25) is 0 Å². The van der Waals surface area contributed by atoms with Crippen molar-refractivity contribution in [3.63, 3.8) is 0 Å². The van der Waals surface area contributed by atoms with Crippen LogP contribution in [0.2, 0.25) is 0 Å². The number of rotatable bonds is 7. The summed E-state index contributed by atoms with van der Waals surface area (Å²) in [6.45, 7) is 2.19. The third-order valence-electron chi connectivity index (χ3n) is 2.98. The first-order valence-corrected chi connectivity index (χ1v) is 6.23. The monoisotopic (exact) mass is 284 g/mol. The second-order valence-electron chi connectivity index (χ2n) is 5.01. The first-order chi connectivity index (χ1) is 9.37. The van der Waals surface area contributed by atoms with Crippen molar-refractivity contribution in [3.05, 3.63) is 23.4 Å². The smallest absolute Gasteiger partial charge is 0.335 e. The molecule has 0 bridgehead atoms. The minimum atomic E-state index is -1.35. The van der Waals surface area contributed by atoms with E-state index in [0.29, 0.717) is 5.69 Å². The molecule has 0 aromatic carbocycles. The molecule has 20 heavy (non-hydrogen) atoms. The van der Waals surface area contributed by atoms with Gasteiger partial charge < -0.3 is 25.7 Å². The highest BCUT2D eigenvalue weighted by atomic mass is 16.4. The fraction of sp³-hybridized carbons (Fsp3) is 0.538. The van der Waals surface area contributed by atoms with Crippen molar-refractivity contribution in [2.45, 2.75) is 25.3 Å². The Morgan fingerprint density at radius 2 is 1.80 bits per heavy atom. The van der Waals surface area contributed by atoms with Gasteiger partial charge in [0.15, 0.2) is 0 Å². The maximum Gasteiger partial charge on any atom is 0.335 e. The number of nitrogens with one attached hydrogen (secondary N) is 1. The quantitative estimate of drug-likeness (QED) is 0.478. The Labute approximate surface area is 116 Å². The van der Waals surface area contributed by atoms with Crippen molar-refractivity contribution in [1.29, 1.82) is 0 Å². The Bertz CT molecular complexity index is 464. The van der Waals surface area contributed by atoms with E-state index in [1.54, 1.807) is 0 Å². The van der Waals surface area contributed by atoms with Crippen molar-refractivity contribution >= 4 is 11.8 Å². The number of hydrogen-bond donors (Lipinski definition) is 5. The van der Waals surface area contributed by atoms with Crippen LogP contribution in [0.3, 0.4) is 0 Å². The molecule has 0 aliphatic rings. The normalized spacial score (nSPS) is 11.7. The second kappa shape index (κ2) is 6.65. The second-order valence-corrected chi connectivity index (χ2v) is 5.01. The number of nitrogens with zero attached hydrogens (tertiary/aromatic N) is 1. The van der Waals surface area contributed by atoms with E-state index in [2.05, 4.69) is 10.3 Å². The average molecular weight is 284 g/mol. The number of carboxylic acids is 1. The maximum atomic E-state index is 11.1. The molecule has 0 saturated heterocycles. The van der Waals surface area contributed by atoms with Gasteiger partial charge in [-0.05, 0) is 18.1 Å². The van der Waals surface area contributed by atoms with Gasteiger partial charge in [-0.15, -0.1) is 0 Å².